The summed E-state index contributed by atoms with van der Waals surface area (Å²) in [4.78, 5) is 0. The van der Waals surface area contributed by atoms with Gasteiger partial charge in [-0.15, -0.1) is 0 Å². The highest BCUT2D eigenvalue weighted by molar-refractivity contribution is 6.57. The normalized spacial score (nSPS) is 9.81. The van der Waals surface area contributed by atoms with E-state index in [2.05, 4.69) is 5.10 Å². The Morgan fingerprint density at radius 2 is 1.88 bits per heavy atom. The summed E-state index contributed by atoms with van der Waals surface area (Å²) in [6, 6.07) is 10.2. The SMILES string of the molecule is N#Cc1ccc(-n2nccc2B(O)O)cc1. The van der Waals surface area contributed by atoms with Gasteiger partial charge in [0, 0.05) is 6.20 Å². The fraction of sp³-hybridized carbons (Fsp3) is 0. The highest BCUT2D eigenvalue weighted by atomic mass is 16.4. The fourth-order valence-corrected chi connectivity index (χ4v) is 1.40. The van der Waals surface area contributed by atoms with Crippen molar-refractivity contribution in [2.24, 2.45) is 0 Å². The number of hydrogen-bond donors (Lipinski definition) is 2. The number of benzene rings is 1. The Labute approximate surface area is 92.3 Å². The van der Waals surface area contributed by atoms with Crippen LogP contribution in [0, 0.1) is 11.3 Å². The van der Waals surface area contributed by atoms with Crippen LogP contribution in [0.1, 0.15) is 5.56 Å². The molecule has 2 N–H and O–H groups in total. The number of hydrogen-bond acceptors (Lipinski definition) is 4. The quantitative estimate of drug-likeness (QED) is 0.654. The lowest BCUT2D eigenvalue weighted by atomic mass is 9.86. The molecule has 1 aromatic carbocycles. The summed E-state index contributed by atoms with van der Waals surface area (Å²) < 4.78 is 1.41. The zero-order valence-corrected chi connectivity index (χ0v) is 8.28. The molecule has 1 heterocycles. The third-order valence-electron chi connectivity index (χ3n) is 2.18. The molecule has 1 aromatic heterocycles. The average molecular weight is 213 g/mol. The van der Waals surface area contributed by atoms with Crippen LogP contribution in [0.3, 0.4) is 0 Å². The molecule has 0 amide bonds. The molecule has 0 fully saturated rings. The summed E-state index contributed by atoms with van der Waals surface area (Å²) in [7, 11) is -1.57. The number of nitriles is 1. The first-order valence-electron chi connectivity index (χ1n) is 4.63. The third kappa shape index (κ3) is 1.82. The molecule has 5 nitrogen and oxygen atoms in total. The van der Waals surface area contributed by atoms with E-state index in [1.165, 1.54) is 16.9 Å². The van der Waals surface area contributed by atoms with Crippen LogP contribution < -0.4 is 5.59 Å². The highest BCUT2D eigenvalue weighted by Gasteiger charge is 2.17. The van der Waals surface area contributed by atoms with Gasteiger partial charge in [-0.05, 0) is 30.3 Å². The minimum absolute atomic E-state index is 0.282. The van der Waals surface area contributed by atoms with Crippen molar-refractivity contribution in [3.63, 3.8) is 0 Å². The van der Waals surface area contributed by atoms with Crippen LogP contribution in [0.5, 0.6) is 0 Å². The minimum Gasteiger partial charge on any atom is -0.422 e. The van der Waals surface area contributed by atoms with Crippen LogP contribution in [-0.2, 0) is 0 Å². The second-order valence-electron chi connectivity index (χ2n) is 3.20. The lowest BCUT2D eigenvalue weighted by Crippen LogP contribution is -2.35. The molecule has 2 rings (SSSR count). The molecule has 2 aromatic rings. The van der Waals surface area contributed by atoms with E-state index < -0.39 is 7.12 Å². The van der Waals surface area contributed by atoms with Crippen molar-refractivity contribution in [2.75, 3.05) is 0 Å². The van der Waals surface area contributed by atoms with Crippen LogP contribution in [0.15, 0.2) is 36.5 Å². The number of rotatable bonds is 2. The van der Waals surface area contributed by atoms with Gasteiger partial charge in [-0.25, -0.2) is 4.68 Å². The molecule has 0 bridgehead atoms. The lowest BCUT2D eigenvalue weighted by molar-refractivity contribution is 0.423. The Balaban J connectivity index is 2.43. The van der Waals surface area contributed by atoms with E-state index in [9.17, 15) is 0 Å². The average Bonchev–Trinajstić information content (AvgIpc) is 2.78. The number of nitrogens with zero attached hydrogens (tertiary/aromatic N) is 3. The van der Waals surface area contributed by atoms with Crippen LogP contribution in [0.4, 0.5) is 0 Å². The summed E-state index contributed by atoms with van der Waals surface area (Å²) in [5, 5.41) is 30.8. The molecule has 78 valence electrons. The van der Waals surface area contributed by atoms with Gasteiger partial charge in [-0.2, -0.15) is 10.4 Å². The number of aromatic nitrogens is 2. The molecule has 0 spiro atoms. The Morgan fingerprint density at radius 1 is 1.19 bits per heavy atom. The summed E-state index contributed by atoms with van der Waals surface area (Å²) >= 11 is 0. The maximum absolute atomic E-state index is 9.10. The van der Waals surface area contributed by atoms with Crippen LogP contribution >= 0.6 is 0 Å². The predicted molar refractivity (Wildman–Crippen MR) is 58.1 cm³/mol. The molecule has 0 radical (unpaired) electrons. The molecular weight excluding hydrogens is 205 g/mol. The Bertz CT molecular complexity index is 528. The molecule has 0 aliphatic heterocycles. The third-order valence-corrected chi connectivity index (χ3v) is 2.18. The monoisotopic (exact) mass is 213 g/mol. The first-order valence-corrected chi connectivity index (χ1v) is 4.63. The van der Waals surface area contributed by atoms with Crippen molar-refractivity contribution in [3.05, 3.63) is 42.1 Å². The molecule has 0 aliphatic carbocycles. The van der Waals surface area contributed by atoms with Gasteiger partial charge in [0.15, 0.2) is 0 Å². The van der Waals surface area contributed by atoms with Crippen molar-refractivity contribution >= 4 is 12.7 Å². The van der Waals surface area contributed by atoms with E-state index in [-0.39, 0.29) is 5.59 Å². The minimum atomic E-state index is -1.57. The summed E-state index contributed by atoms with van der Waals surface area (Å²) in [5.41, 5.74) is 1.50. The molecule has 0 unspecified atom stereocenters. The zero-order chi connectivity index (χ0) is 11.5. The van der Waals surface area contributed by atoms with Crippen molar-refractivity contribution in [2.45, 2.75) is 0 Å². The van der Waals surface area contributed by atoms with Gasteiger partial charge < -0.3 is 10.0 Å². The van der Waals surface area contributed by atoms with E-state index in [1.54, 1.807) is 24.3 Å². The molecular formula is C10H8BN3O2. The van der Waals surface area contributed by atoms with Gasteiger partial charge in [0.1, 0.15) is 0 Å². The van der Waals surface area contributed by atoms with Crippen molar-refractivity contribution in [1.82, 2.24) is 9.78 Å². The maximum Gasteiger partial charge on any atom is 0.508 e. The van der Waals surface area contributed by atoms with E-state index in [4.69, 9.17) is 15.3 Å². The summed E-state index contributed by atoms with van der Waals surface area (Å²) in [5.74, 6) is 0. The smallest absolute Gasteiger partial charge is 0.422 e. The fourth-order valence-electron chi connectivity index (χ4n) is 1.40. The van der Waals surface area contributed by atoms with E-state index >= 15 is 0 Å². The lowest BCUT2D eigenvalue weighted by Gasteiger charge is -2.06. The molecule has 0 atom stereocenters. The van der Waals surface area contributed by atoms with Crippen LogP contribution in [0.2, 0.25) is 0 Å². The van der Waals surface area contributed by atoms with Gasteiger partial charge in [0.2, 0.25) is 0 Å². The first kappa shape index (κ1) is 10.4. The van der Waals surface area contributed by atoms with E-state index in [0.717, 1.165) is 0 Å². The Morgan fingerprint density at radius 3 is 2.44 bits per heavy atom. The standard InChI is InChI=1S/C10H8BN3O2/c12-7-8-1-3-9(4-2-8)14-10(11(15)16)5-6-13-14/h1-6,15-16H. The molecule has 0 aliphatic rings. The Kier molecular flexibility index (Phi) is 2.73. The first-order chi connectivity index (χ1) is 7.72. The zero-order valence-electron chi connectivity index (χ0n) is 8.28. The molecule has 0 saturated heterocycles. The van der Waals surface area contributed by atoms with Gasteiger partial charge >= 0.3 is 7.12 Å². The summed E-state index contributed by atoms with van der Waals surface area (Å²) in [6.07, 6.45) is 1.48. The largest absolute Gasteiger partial charge is 0.508 e. The maximum atomic E-state index is 9.10. The van der Waals surface area contributed by atoms with Crippen LogP contribution in [-0.4, -0.2) is 26.9 Å². The summed E-state index contributed by atoms with van der Waals surface area (Å²) in [6.45, 7) is 0. The Hall–Kier alpha value is -2.10. The second kappa shape index (κ2) is 4.19. The topological polar surface area (TPSA) is 82.1 Å². The predicted octanol–water partition coefficient (Wildman–Crippen LogP) is -0.576. The molecule has 16 heavy (non-hydrogen) atoms. The van der Waals surface area contributed by atoms with E-state index in [0.29, 0.717) is 11.3 Å². The van der Waals surface area contributed by atoms with Crippen LogP contribution in [0.25, 0.3) is 5.69 Å². The second-order valence-corrected chi connectivity index (χ2v) is 3.20. The van der Waals surface area contributed by atoms with Crippen molar-refractivity contribution < 1.29 is 10.0 Å². The molecule has 0 saturated carbocycles. The highest BCUT2D eigenvalue weighted by Crippen LogP contribution is 2.06. The van der Waals surface area contributed by atoms with Crippen molar-refractivity contribution in [3.8, 4) is 11.8 Å². The van der Waals surface area contributed by atoms with Gasteiger partial charge in [-0.1, -0.05) is 0 Å². The van der Waals surface area contributed by atoms with Gasteiger partial charge in [0.25, 0.3) is 0 Å². The van der Waals surface area contributed by atoms with Gasteiger partial charge in [0.05, 0.1) is 22.9 Å². The van der Waals surface area contributed by atoms with Gasteiger partial charge in [-0.3, -0.25) is 0 Å². The van der Waals surface area contributed by atoms with E-state index in [1.807, 2.05) is 6.07 Å². The van der Waals surface area contributed by atoms with Crippen molar-refractivity contribution in [1.29, 1.82) is 5.26 Å². The molecule has 6 heteroatoms.